The summed E-state index contributed by atoms with van der Waals surface area (Å²) in [4.78, 5) is 40.6. The second-order valence-electron chi connectivity index (χ2n) is 9.25. The molecule has 0 radical (unpaired) electrons. The van der Waals surface area contributed by atoms with E-state index in [0.717, 1.165) is 30.5 Å². The van der Waals surface area contributed by atoms with Gasteiger partial charge in [-0.25, -0.2) is 0 Å². The molecule has 3 aliphatic rings. The number of esters is 1. The van der Waals surface area contributed by atoms with Crippen LogP contribution < -0.4 is 4.90 Å². The minimum absolute atomic E-state index is 0.0871. The summed E-state index contributed by atoms with van der Waals surface area (Å²) in [5.74, 6) is -0.739. The van der Waals surface area contributed by atoms with Gasteiger partial charge in [-0.2, -0.15) is 0 Å². The van der Waals surface area contributed by atoms with Gasteiger partial charge in [-0.15, -0.1) is 0 Å². The number of hydrogen-bond acceptors (Lipinski definition) is 6. The Labute approximate surface area is 182 Å². The van der Waals surface area contributed by atoms with Crippen LogP contribution in [0, 0.1) is 34.3 Å². The van der Waals surface area contributed by atoms with Gasteiger partial charge in [0.1, 0.15) is 0 Å². The van der Waals surface area contributed by atoms with Crippen molar-refractivity contribution in [3.8, 4) is 0 Å². The van der Waals surface area contributed by atoms with Crippen LogP contribution in [0.2, 0.25) is 0 Å². The minimum Gasteiger partial charge on any atom is -0.466 e. The fraction of sp³-hybridized carbons (Fsp3) is 0.652. The van der Waals surface area contributed by atoms with Crippen LogP contribution in [0.1, 0.15) is 44.6 Å². The summed E-state index contributed by atoms with van der Waals surface area (Å²) in [6.07, 6.45) is 4.90. The van der Waals surface area contributed by atoms with E-state index in [9.17, 15) is 19.7 Å². The number of anilines is 1. The number of nitro groups is 1. The molecule has 0 bridgehead atoms. The average Bonchev–Trinajstić information content (AvgIpc) is 3.51. The van der Waals surface area contributed by atoms with Crippen LogP contribution in [0.4, 0.5) is 11.4 Å². The third-order valence-electron chi connectivity index (χ3n) is 7.31. The molecule has 1 aliphatic heterocycles. The van der Waals surface area contributed by atoms with E-state index in [1.807, 2.05) is 11.8 Å². The fourth-order valence-corrected chi connectivity index (χ4v) is 5.31. The molecule has 0 unspecified atom stereocenters. The first kappa shape index (κ1) is 21.6. The molecule has 0 N–H and O–H groups in total. The molecule has 0 aromatic heterocycles. The topological polar surface area (TPSA) is 93.0 Å². The van der Waals surface area contributed by atoms with E-state index in [1.54, 1.807) is 19.1 Å². The largest absolute Gasteiger partial charge is 0.466 e. The van der Waals surface area contributed by atoms with Crippen molar-refractivity contribution >= 4 is 23.3 Å². The van der Waals surface area contributed by atoms with Crippen LogP contribution in [0.5, 0.6) is 0 Å². The Balaban J connectivity index is 1.42. The number of non-ortho nitro benzene ring substituents is 1. The summed E-state index contributed by atoms with van der Waals surface area (Å²) >= 11 is 0. The Morgan fingerprint density at radius 3 is 2.45 bits per heavy atom. The van der Waals surface area contributed by atoms with Gasteiger partial charge in [0.05, 0.1) is 23.4 Å². The molecule has 168 valence electrons. The predicted molar refractivity (Wildman–Crippen MR) is 116 cm³/mol. The van der Waals surface area contributed by atoms with E-state index in [4.69, 9.17) is 4.74 Å². The summed E-state index contributed by atoms with van der Waals surface area (Å²) in [5.41, 5.74) is 2.20. The lowest BCUT2D eigenvalue weighted by Crippen LogP contribution is -2.53. The Kier molecular flexibility index (Phi) is 5.90. The van der Waals surface area contributed by atoms with E-state index < -0.39 is 0 Å². The molecule has 8 nitrogen and oxygen atoms in total. The molecule has 2 aliphatic carbocycles. The monoisotopic (exact) mass is 429 g/mol. The van der Waals surface area contributed by atoms with Crippen LogP contribution in [-0.4, -0.2) is 54.5 Å². The highest BCUT2D eigenvalue weighted by molar-refractivity contribution is 5.86. The van der Waals surface area contributed by atoms with Crippen molar-refractivity contribution in [2.24, 2.45) is 17.3 Å². The number of rotatable bonds is 5. The summed E-state index contributed by atoms with van der Waals surface area (Å²) in [6.45, 7) is 6.55. The maximum absolute atomic E-state index is 13.4. The van der Waals surface area contributed by atoms with Crippen molar-refractivity contribution in [3.63, 3.8) is 0 Å². The molecular formula is C23H31N3O5. The van der Waals surface area contributed by atoms with Crippen LogP contribution in [-0.2, 0) is 14.3 Å². The number of nitro benzene ring substituents is 1. The van der Waals surface area contributed by atoms with Gasteiger partial charge >= 0.3 is 5.97 Å². The zero-order chi connectivity index (χ0) is 22.2. The van der Waals surface area contributed by atoms with Gasteiger partial charge in [0.2, 0.25) is 5.91 Å². The molecule has 1 aromatic rings. The van der Waals surface area contributed by atoms with Gasteiger partial charge in [0.25, 0.3) is 5.69 Å². The number of amides is 1. The van der Waals surface area contributed by atoms with Crippen LogP contribution in [0.3, 0.4) is 0 Å². The second kappa shape index (κ2) is 8.48. The van der Waals surface area contributed by atoms with E-state index >= 15 is 0 Å². The molecule has 1 aromatic carbocycles. The van der Waals surface area contributed by atoms with Gasteiger partial charge in [0, 0.05) is 44.0 Å². The van der Waals surface area contributed by atoms with Crippen molar-refractivity contribution in [1.29, 1.82) is 0 Å². The molecule has 1 saturated heterocycles. The number of benzene rings is 1. The standard InChI is InChI=1S/C23H31N3O5/c1-3-31-22(28)18-6-7-23(8-9-23)15-19(18)21(27)25-12-10-24(11-13-25)20-5-4-17(26(29)30)14-16(20)2/h4-5,14,18-19H,3,6-13,15H2,1-2H3/t18-,19-/m0/s1. The van der Waals surface area contributed by atoms with Gasteiger partial charge in [0.15, 0.2) is 0 Å². The van der Waals surface area contributed by atoms with E-state index in [1.165, 1.54) is 18.9 Å². The molecule has 8 heteroatoms. The Morgan fingerprint density at radius 2 is 1.87 bits per heavy atom. The smallest absolute Gasteiger partial charge is 0.309 e. The lowest BCUT2D eigenvalue weighted by Gasteiger charge is -2.41. The maximum atomic E-state index is 13.4. The normalized spacial score (nSPS) is 24.7. The van der Waals surface area contributed by atoms with Gasteiger partial charge in [-0.1, -0.05) is 0 Å². The third kappa shape index (κ3) is 4.38. The SMILES string of the molecule is CCOC(=O)[C@H]1CCC2(CC2)C[C@@H]1C(=O)N1CCN(c2ccc([N+](=O)[O-])cc2C)CC1. The maximum Gasteiger partial charge on any atom is 0.309 e. The van der Waals surface area contributed by atoms with E-state index in [-0.39, 0.29) is 39.7 Å². The highest BCUT2D eigenvalue weighted by atomic mass is 16.6. The first-order valence-electron chi connectivity index (χ1n) is 11.3. The molecule has 1 heterocycles. The number of ether oxygens (including phenoxy) is 1. The third-order valence-corrected chi connectivity index (χ3v) is 7.31. The van der Waals surface area contributed by atoms with E-state index in [0.29, 0.717) is 32.8 Å². The molecule has 3 fully saturated rings. The summed E-state index contributed by atoms with van der Waals surface area (Å²) < 4.78 is 5.29. The molecule has 1 spiro atoms. The number of nitrogens with zero attached hydrogens (tertiary/aromatic N) is 3. The number of carbonyl (C=O) groups excluding carboxylic acids is 2. The zero-order valence-electron chi connectivity index (χ0n) is 18.3. The number of aryl methyl sites for hydroxylation is 1. The number of carbonyl (C=O) groups is 2. The van der Waals surface area contributed by atoms with Crippen molar-refractivity contribution in [3.05, 3.63) is 33.9 Å². The average molecular weight is 430 g/mol. The number of piperazine rings is 1. The molecule has 2 atom stereocenters. The van der Waals surface area contributed by atoms with Crippen LogP contribution in [0.15, 0.2) is 18.2 Å². The first-order chi connectivity index (χ1) is 14.8. The van der Waals surface area contributed by atoms with Gasteiger partial charge < -0.3 is 14.5 Å². The Hall–Kier alpha value is -2.64. The van der Waals surface area contributed by atoms with Crippen LogP contribution >= 0.6 is 0 Å². The first-order valence-corrected chi connectivity index (χ1v) is 11.3. The predicted octanol–water partition coefficient (Wildman–Crippen LogP) is 3.31. The van der Waals surface area contributed by atoms with Crippen molar-refractivity contribution in [2.45, 2.75) is 46.0 Å². The van der Waals surface area contributed by atoms with Gasteiger partial charge in [-0.05, 0) is 63.0 Å². The summed E-state index contributed by atoms with van der Waals surface area (Å²) in [7, 11) is 0. The van der Waals surface area contributed by atoms with Crippen molar-refractivity contribution < 1.29 is 19.2 Å². The highest BCUT2D eigenvalue weighted by Gasteiger charge is 2.53. The molecule has 2 saturated carbocycles. The Bertz CT molecular complexity index is 874. The highest BCUT2D eigenvalue weighted by Crippen LogP contribution is 2.59. The van der Waals surface area contributed by atoms with Crippen molar-refractivity contribution in [2.75, 3.05) is 37.7 Å². The van der Waals surface area contributed by atoms with Gasteiger partial charge in [-0.3, -0.25) is 19.7 Å². The minimum atomic E-state index is -0.385. The Morgan fingerprint density at radius 1 is 1.16 bits per heavy atom. The van der Waals surface area contributed by atoms with Crippen molar-refractivity contribution in [1.82, 2.24) is 4.90 Å². The molecule has 4 rings (SSSR count). The lowest BCUT2D eigenvalue weighted by molar-refractivity contribution is -0.384. The summed E-state index contributed by atoms with van der Waals surface area (Å²) in [6, 6.07) is 4.91. The fourth-order valence-electron chi connectivity index (χ4n) is 5.31. The number of hydrogen-bond donors (Lipinski definition) is 0. The molecule has 31 heavy (non-hydrogen) atoms. The second-order valence-corrected chi connectivity index (χ2v) is 9.25. The quantitative estimate of drug-likeness (QED) is 0.405. The van der Waals surface area contributed by atoms with Crippen LogP contribution in [0.25, 0.3) is 0 Å². The summed E-state index contributed by atoms with van der Waals surface area (Å²) in [5, 5.41) is 11.0. The van der Waals surface area contributed by atoms with E-state index in [2.05, 4.69) is 4.90 Å². The molecular weight excluding hydrogens is 398 g/mol. The lowest BCUT2D eigenvalue weighted by atomic mass is 9.71. The zero-order valence-corrected chi connectivity index (χ0v) is 18.3. The molecule has 1 amide bonds.